The molecule has 0 unspecified atom stereocenters. The molecule has 2 aliphatic rings. The van der Waals surface area contributed by atoms with E-state index in [4.69, 9.17) is 19.9 Å². The Morgan fingerprint density at radius 3 is 0.684 bits per heavy atom. The van der Waals surface area contributed by atoms with Crippen molar-refractivity contribution in [2.45, 2.75) is 0 Å². The van der Waals surface area contributed by atoms with Crippen molar-refractivity contribution in [3.63, 3.8) is 0 Å². The van der Waals surface area contributed by atoms with Gasteiger partial charge in [0.2, 0.25) is 0 Å². The third-order valence-electron chi connectivity index (χ3n) is 9.47. The minimum Gasteiger partial charge on any atom is -0.655 e. The minimum absolute atomic E-state index is 0. The minimum atomic E-state index is 0. The molecule has 0 atom stereocenters. The number of aromatic nitrogens is 4. The zero-order valence-electron chi connectivity index (χ0n) is 28.7. The first-order valence-corrected chi connectivity index (χ1v) is 23.3. The largest absolute Gasteiger partial charge is 2.00 e. The van der Waals surface area contributed by atoms with Gasteiger partial charge in [-0.25, -0.2) is 9.97 Å². The summed E-state index contributed by atoms with van der Waals surface area (Å²) in [6, 6.07) is 40.9. The van der Waals surface area contributed by atoms with Gasteiger partial charge in [0, 0.05) is 17.9 Å². The number of hydrogen-bond acceptors (Lipinski definition) is 2. The fourth-order valence-corrected chi connectivity index (χ4v) is 10.8. The standard InChI is InChI=1S/C44H20Br8N4.Pd/c45-29-31(47)39-26(22-15-7-2-8-16-22)41-33(49)35(51)43(55-41)28(24-19-11-4-12-20-24)44-36(52)34(50)42(56-44)27(23-17-9-3-10-18-23)40-32(48)30(46)38(54-40)25(37(29)53-39)21-13-5-1-6-14-21;/h1-20H;/q-2;+2. The maximum atomic E-state index is 5.50. The molecular formula is C44H20Br8N4Pd. The molecule has 0 saturated carbocycles. The number of hydrogen-bond donors (Lipinski definition) is 0. The number of fused-ring (bicyclic) bond motifs is 8. The summed E-state index contributed by atoms with van der Waals surface area (Å²) in [6.07, 6.45) is 0. The predicted octanol–water partition coefficient (Wildman–Crippen LogP) is 16.5. The predicted molar refractivity (Wildman–Crippen MR) is 261 cm³/mol. The number of halogens is 8. The van der Waals surface area contributed by atoms with Crippen LogP contribution in [0.4, 0.5) is 0 Å². The normalized spacial score (nSPS) is 12.6. The summed E-state index contributed by atoms with van der Waals surface area (Å²) in [5.41, 5.74) is 12.9. The van der Waals surface area contributed by atoms with Crippen LogP contribution in [0, 0.1) is 0 Å². The zero-order valence-corrected chi connectivity index (χ0v) is 42.9. The van der Waals surface area contributed by atoms with Crippen LogP contribution in [0.1, 0.15) is 22.8 Å². The van der Waals surface area contributed by atoms with Crippen LogP contribution in [0.25, 0.3) is 84.5 Å². The average Bonchev–Trinajstić information content (AvgIpc) is 3.89. The van der Waals surface area contributed by atoms with Crippen LogP contribution in [0.15, 0.2) is 139 Å². The molecule has 0 aliphatic carbocycles. The van der Waals surface area contributed by atoms with E-state index in [0.29, 0.717) is 44.8 Å². The Balaban J connectivity index is 0.00000455. The second kappa shape index (κ2) is 17.2. The summed E-state index contributed by atoms with van der Waals surface area (Å²) in [6.45, 7) is 0. The number of benzene rings is 4. The molecule has 0 radical (unpaired) electrons. The van der Waals surface area contributed by atoms with Crippen molar-refractivity contribution in [1.82, 2.24) is 19.9 Å². The van der Waals surface area contributed by atoms with Gasteiger partial charge in [0.1, 0.15) is 0 Å². The first-order chi connectivity index (χ1) is 27.2. The van der Waals surface area contributed by atoms with Gasteiger partial charge in [-0.1, -0.05) is 185 Å². The maximum absolute atomic E-state index is 5.50. The zero-order chi connectivity index (χ0) is 38.8. The second-order valence-corrected chi connectivity index (χ2v) is 19.1. The Kier molecular flexibility index (Phi) is 12.6. The van der Waals surface area contributed by atoms with Gasteiger partial charge in [-0.15, -0.1) is 22.1 Å². The van der Waals surface area contributed by atoms with Gasteiger partial charge < -0.3 is 9.97 Å². The molecule has 0 spiro atoms. The molecular weight excluding hydrogens is 1330 g/mol. The Hall–Kier alpha value is -2.02. The van der Waals surface area contributed by atoms with Gasteiger partial charge in [-0.3, -0.25) is 0 Å². The fourth-order valence-electron chi connectivity index (χ4n) is 6.96. The monoisotopic (exact) mass is 1340 g/mol. The molecule has 7 aromatic rings. The fraction of sp³-hybridized carbons (Fsp3) is 0. The van der Waals surface area contributed by atoms with E-state index in [1.54, 1.807) is 0 Å². The molecule has 0 saturated heterocycles. The maximum Gasteiger partial charge on any atom is 2.00 e. The molecule has 5 heterocycles. The topological polar surface area (TPSA) is 54.0 Å². The molecule has 4 nitrogen and oxygen atoms in total. The number of nitrogens with zero attached hydrogens (tertiary/aromatic N) is 4. The van der Waals surface area contributed by atoms with Crippen molar-refractivity contribution >= 4 is 167 Å². The van der Waals surface area contributed by atoms with Crippen molar-refractivity contribution < 1.29 is 20.4 Å². The molecule has 2 aliphatic heterocycles. The smallest absolute Gasteiger partial charge is 0.655 e. The van der Waals surface area contributed by atoms with Gasteiger partial charge in [0.05, 0.1) is 40.7 Å². The Morgan fingerprint density at radius 2 is 0.491 bits per heavy atom. The first kappa shape index (κ1) is 41.7. The van der Waals surface area contributed by atoms with Crippen LogP contribution < -0.4 is 9.97 Å². The van der Waals surface area contributed by atoms with E-state index in [9.17, 15) is 0 Å². The van der Waals surface area contributed by atoms with E-state index in [1.807, 2.05) is 72.8 Å². The van der Waals surface area contributed by atoms with E-state index in [-0.39, 0.29) is 20.4 Å². The Labute approximate surface area is 409 Å². The van der Waals surface area contributed by atoms with Crippen LogP contribution in [0.5, 0.6) is 0 Å². The summed E-state index contributed by atoms with van der Waals surface area (Å²) < 4.78 is 6.30. The van der Waals surface area contributed by atoms with Crippen molar-refractivity contribution in [1.29, 1.82) is 0 Å². The molecule has 0 fully saturated rings. The van der Waals surface area contributed by atoms with Gasteiger partial charge in [0.15, 0.2) is 0 Å². The molecule has 4 aromatic carbocycles. The van der Waals surface area contributed by atoms with Crippen LogP contribution in [-0.2, 0) is 20.4 Å². The van der Waals surface area contributed by atoms with Gasteiger partial charge in [0.25, 0.3) is 0 Å². The van der Waals surface area contributed by atoms with Gasteiger partial charge >= 0.3 is 20.4 Å². The van der Waals surface area contributed by atoms with Crippen LogP contribution in [-0.4, -0.2) is 9.97 Å². The average molecular weight is 1350 g/mol. The Bertz CT molecular complexity index is 2580. The summed E-state index contributed by atoms with van der Waals surface area (Å²) in [7, 11) is 0. The Morgan fingerprint density at radius 1 is 0.298 bits per heavy atom. The summed E-state index contributed by atoms with van der Waals surface area (Å²) in [4.78, 5) is 22.0. The van der Waals surface area contributed by atoms with Crippen LogP contribution in [0.3, 0.4) is 0 Å². The molecule has 282 valence electrons. The molecule has 3 aromatic heterocycles. The van der Waals surface area contributed by atoms with E-state index in [0.717, 1.165) is 80.3 Å². The van der Waals surface area contributed by atoms with Gasteiger partial charge in [-0.2, -0.15) is 0 Å². The summed E-state index contributed by atoms with van der Waals surface area (Å²) in [5.74, 6) is 0. The van der Waals surface area contributed by atoms with E-state index >= 15 is 0 Å². The summed E-state index contributed by atoms with van der Waals surface area (Å²) in [5, 5.41) is 0. The van der Waals surface area contributed by atoms with Crippen molar-refractivity contribution in [2.24, 2.45) is 0 Å². The quantitative estimate of drug-likeness (QED) is 0.165. The third kappa shape index (κ3) is 7.24. The van der Waals surface area contributed by atoms with E-state index in [1.165, 1.54) is 0 Å². The van der Waals surface area contributed by atoms with Crippen LogP contribution in [0.2, 0.25) is 0 Å². The molecule has 57 heavy (non-hydrogen) atoms. The SMILES string of the molecule is BrC1=C(Br)c2nc1c(-c1ccccc1)c1[n-]c(c(Br)c1Br)c(-c1ccccc1)c1nc(c(-c3ccccc3)c3[n-]c(c(Br)c3Br)c2-c2ccccc2)C(Br)=C1Br.[Pd+2]. The van der Waals surface area contributed by atoms with Crippen molar-refractivity contribution in [3.05, 3.63) is 162 Å². The molecule has 0 N–H and O–H groups in total. The van der Waals surface area contributed by atoms with Crippen LogP contribution >= 0.6 is 127 Å². The third-order valence-corrected chi connectivity index (χ3v) is 17.8. The molecule has 0 amide bonds. The number of rotatable bonds is 4. The van der Waals surface area contributed by atoms with Crippen molar-refractivity contribution in [2.75, 3.05) is 0 Å². The molecule has 13 heteroatoms. The van der Waals surface area contributed by atoms with E-state index in [2.05, 4.69) is 176 Å². The summed E-state index contributed by atoms with van der Waals surface area (Å²) >= 11 is 31.9. The van der Waals surface area contributed by atoms with E-state index < -0.39 is 0 Å². The van der Waals surface area contributed by atoms with Crippen molar-refractivity contribution in [3.8, 4) is 44.5 Å². The van der Waals surface area contributed by atoms with Gasteiger partial charge in [-0.05, 0) is 108 Å². The second-order valence-electron chi connectivity index (χ2n) is 12.7. The molecule has 8 bridgehead atoms. The molecule has 9 rings (SSSR count). The first-order valence-electron chi connectivity index (χ1n) is 16.9.